The van der Waals surface area contributed by atoms with E-state index in [-0.39, 0.29) is 29.2 Å². The molecule has 2 aromatic rings. The lowest BCUT2D eigenvalue weighted by Gasteiger charge is -2.11. The Morgan fingerprint density at radius 2 is 1.90 bits per heavy atom. The highest BCUT2D eigenvalue weighted by molar-refractivity contribution is 5.95. The van der Waals surface area contributed by atoms with Gasteiger partial charge in [-0.1, -0.05) is 18.2 Å². The van der Waals surface area contributed by atoms with Crippen LogP contribution in [0.15, 0.2) is 36.4 Å². The summed E-state index contributed by atoms with van der Waals surface area (Å²) in [5.74, 6) is -3.65. The molecule has 0 bridgehead atoms. The lowest BCUT2D eigenvalue weighted by molar-refractivity contribution is 0.0695. The van der Waals surface area contributed by atoms with Crippen LogP contribution in [-0.4, -0.2) is 11.1 Å². The Labute approximate surface area is 113 Å². The van der Waals surface area contributed by atoms with E-state index in [4.69, 9.17) is 15.6 Å². The van der Waals surface area contributed by atoms with Crippen LogP contribution in [0.5, 0.6) is 5.75 Å². The van der Waals surface area contributed by atoms with Gasteiger partial charge in [0.05, 0.1) is 5.56 Å². The molecule has 20 heavy (non-hydrogen) atoms. The monoisotopic (exact) mass is 279 g/mol. The fourth-order valence-electron chi connectivity index (χ4n) is 1.75. The molecule has 0 aromatic heterocycles. The number of carboxylic acid groups (broad SMARTS) is 1. The predicted octanol–water partition coefficient (Wildman–Crippen LogP) is 2.82. The number of benzene rings is 2. The highest BCUT2D eigenvalue weighted by Gasteiger charge is 2.15. The first kappa shape index (κ1) is 13.8. The molecule has 0 aliphatic rings. The number of nitrogen functional groups attached to an aromatic ring is 1. The van der Waals surface area contributed by atoms with Gasteiger partial charge in [-0.2, -0.15) is 4.39 Å². The zero-order valence-electron chi connectivity index (χ0n) is 10.3. The van der Waals surface area contributed by atoms with Crippen LogP contribution in [0.25, 0.3) is 0 Å². The summed E-state index contributed by atoms with van der Waals surface area (Å²) >= 11 is 0. The largest absolute Gasteiger partial charge is 0.486 e. The van der Waals surface area contributed by atoms with Crippen LogP contribution < -0.4 is 10.5 Å². The van der Waals surface area contributed by atoms with Gasteiger partial charge in [0.2, 0.25) is 5.82 Å². The molecule has 0 spiro atoms. The van der Waals surface area contributed by atoms with Crippen molar-refractivity contribution in [1.82, 2.24) is 0 Å². The molecular weight excluding hydrogens is 268 g/mol. The van der Waals surface area contributed by atoms with E-state index in [1.807, 2.05) is 0 Å². The van der Waals surface area contributed by atoms with Gasteiger partial charge in [0, 0.05) is 11.3 Å². The summed E-state index contributed by atoms with van der Waals surface area (Å²) < 4.78 is 31.5. The lowest BCUT2D eigenvalue weighted by Crippen LogP contribution is -2.09. The van der Waals surface area contributed by atoms with E-state index in [2.05, 4.69) is 0 Å². The quantitative estimate of drug-likeness (QED) is 0.844. The maximum Gasteiger partial charge on any atom is 0.338 e. The van der Waals surface area contributed by atoms with Gasteiger partial charge in [-0.3, -0.25) is 0 Å². The molecule has 0 unspecified atom stereocenters. The average Bonchev–Trinajstić information content (AvgIpc) is 2.40. The van der Waals surface area contributed by atoms with Gasteiger partial charge in [-0.05, 0) is 18.2 Å². The van der Waals surface area contributed by atoms with Crippen molar-refractivity contribution < 1.29 is 23.4 Å². The van der Waals surface area contributed by atoms with Crippen molar-refractivity contribution in [2.45, 2.75) is 6.61 Å². The van der Waals surface area contributed by atoms with Crippen LogP contribution in [0.4, 0.5) is 14.5 Å². The van der Waals surface area contributed by atoms with Crippen LogP contribution in [0, 0.1) is 11.6 Å². The normalized spacial score (nSPS) is 10.3. The first-order chi connectivity index (χ1) is 9.50. The molecule has 0 radical (unpaired) electrons. The molecule has 0 saturated heterocycles. The summed E-state index contributed by atoms with van der Waals surface area (Å²) in [5, 5.41) is 9.07. The molecule has 0 aliphatic carbocycles. The van der Waals surface area contributed by atoms with Crippen molar-refractivity contribution in [2.75, 3.05) is 5.73 Å². The van der Waals surface area contributed by atoms with Crippen molar-refractivity contribution in [2.24, 2.45) is 0 Å². The summed E-state index contributed by atoms with van der Waals surface area (Å²) in [4.78, 5) is 11.1. The van der Waals surface area contributed by atoms with Gasteiger partial charge in [0.25, 0.3) is 0 Å². The van der Waals surface area contributed by atoms with Crippen LogP contribution in [0.1, 0.15) is 15.9 Å². The van der Waals surface area contributed by atoms with E-state index < -0.39 is 17.6 Å². The van der Waals surface area contributed by atoms with E-state index in [9.17, 15) is 13.6 Å². The first-order valence-electron chi connectivity index (χ1n) is 5.68. The zero-order valence-corrected chi connectivity index (χ0v) is 10.3. The number of ether oxygens (including phenoxy) is 1. The second-order valence-electron chi connectivity index (χ2n) is 4.03. The van der Waals surface area contributed by atoms with Crippen molar-refractivity contribution in [1.29, 1.82) is 0 Å². The van der Waals surface area contributed by atoms with Gasteiger partial charge < -0.3 is 15.6 Å². The molecule has 4 nitrogen and oxygen atoms in total. The lowest BCUT2D eigenvalue weighted by atomic mass is 10.1. The van der Waals surface area contributed by atoms with Crippen LogP contribution in [0.2, 0.25) is 0 Å². The van der Waals surface area contributed by atoms with E-state index in [0.29, 0.717) is 0 Å². The second-order valence-corrected chi connectivity index (χ2v) is 4.03. The standard InChI is InChI=1S/C14H11F2NO3/c15-9-4-2-6-11(13(9)16)20-7-8-3-1-5-10(17)12(8)14(18)19/h1-6H,7,17H2,(H,18,19). The number of nitrogens with two attached hydrogens (primary N) is 1. The molecule has 0 heterocycles. The molecule has 0 saturated carbocycles. The zero-order chi connectivity index (χ0) is 14.7. The van der Waals surface area contributed by atoms with Crippen LogP contribution >= 0.6 is 0 Å². The molecule has 0 fully saturated rings. The minimum absolute atomic E-state index is 0.0818. The summed E-state index contributed by atoms with van der Waals surface area (Å²) in [6, 6.07) is 8.01. The first-order valence-corrected chi connectivity index (χ1v) is 5.68. The molecule has 2 aromatic carbocycles. The Morgan fingerprint density at radius 3 is 2.60 bits per heavy atom. The summed E-state index contributed by atoms with van der Waals surface area (Å²) in [6.07, 6.45) is 0. The Morgan fingerprint density at radius 1 is 1.20 bits per heavy atom. The number of halogens is 2. The fourth-order valence-corrected chi connectivity index (χ4v) is 1.75. The Kier molecular flexibility index (Phi) is 3.84. The number of carboxylic acids is 1. The van der Waals surface area contributed by atoms with Gasteiger partial charge >= 0.3 is 5.97 Å². The Hall–Kier alpha value is -2.63. The molecule has 6 heteroatoms. The number of rotatable bonds is 4. The fraction of sp³-hybridized carbons (Fsp3) is 0.0714. The number of aromatic carboxylic acids is 1. The summed E-state index contributed by atoms with van der Waals surface area (Å²) in [6.45, 7) is -0.229. The number of anilines is 1. The third-order valence-electron chi connectivity index (χ3n) is 2.70. The topological polar surface area (TPSA) is 72.5 Å². The maximum absolute atomic E-state index is 13.4. The van der Waals surface area contributed by atoms with Gasteiger partial charge in [-0.25, -0.2) is 9.18 Å². The highest BCUT2D eigenvalue weighted by atomic mass is 19.2. The molecule has 0 amide bonds. The highest BCUT2D eigenvalue weighted by Crippen LogP contribution is 2.23. The van der Waals surface area contributed by atoms with Gasteiger partial charge in [-0.15, -0.1) is 0 Å². The van der Waals surface area contributed by atoms with E-state index in [1.54, 1.807) is 6.07 Å². The van der Waals surface area contributed by atoms with Gasteiger partial charge in [0.1, 0.15) is 6.61 Å². The number of hydrogen-bond donors (Lipinski definition) is 2. The van der Waals surface area contributed by atoms with Crippen LogP contribution in [-0.2, 0) is 6.61 Å². The second kappa shape index (κ2) is 5.56. The van der Waals surface area contributed by atoms with Crippen LogP contribution in [0.3, 0.4) is 0 Å². The molecule has 104 valence electrons. The molecule has 0 atom stereocenters. The number of hydrogen-bond acceptors (Lipinski definition) is 3. The van der Waals surface area contributed by atoms with Gasteiger partial charge in [0.15, 0.2) is 11.6 Å². The summed E-state index contributed by atoms with van der Waals surface area (Å²) in [7, 11) is 0. The Balaban J connectivity index is 2.26. The van der Waals surface area contributed by atoms with E-state index in [1.165, 1.54) is 24.3 Å². The smallest absolute Gasteiger partial charge is 0.338 e. The maximum atomic E-state index is 13.4. The minimum Gasteiger partial charge on any atom is -0.486 e. The third-order valence-corrected chi connectivity index (χ3v) is 2.70. The Bertz CT molecular complexity index is 659. The van der Waals surface area contributed by atoms with Crippen molar-refractivity contribution in [3.05, 3.63) is 59.2 Å². The molecule has 3 N–H and O–H groups in total. The van der Waals surface area contributed by atoms with E-state index >= 15 is 0 Å². The average molecular weight is 279 g/mol. The van der Waals surface area contributed by atoms with Crippen molar-refractivity contribution in [3.8, 4) is 5.75 Å². The number of carbonyl (C=O) groups is 1. The van der Waals surface area contributed by atoms with Crippen molar-refractivity contribution in [3.63, 3.8) is 0 Å². The molecule has 2 rings (SSSR count). The SMILES string of the molecule is Nc1cccc(COc2cccc(F)c2F)c1C(=O)O. The minimum atomic E-state index is -1.21. The molecule has 0 aliphatic heterocycles. The third kappa shape index (κ3) is 2.69. The summed E-state index contributed by atoms with van der Waals surface area (Å²) in [5.41, 5.74) is 5.83. The van der Waals surface area contributed by atoms with E-state index in [0.717, 1.165) is 6.07 Å². The predicted molar refractivity (Wildman–Crippen MR) is 68.5 cm³/mol. The van der Waals surface area contributed by atoms with Crippen molar-refractivity contribution >= 4 is 11.7 Å². The molecular formula is C14H11F2NO3.